The third-order valence-corrected chi connectivity index (χ3v) is 4.27. The van der Waals surface area contributed by atoms with Crippen LogP contribution in [0.2, 0.25) is 0 Å². The van der Waals surface area contributed by atoms with Crippen molar-refractivity contribution in [3.05, 3.63) is 18.5 Å². The molecule has 2 N–H and O–H groups in total. The minimum atomic E-state index is -1.14. The smallest absolute Gasteiger partial charge is 0.330 e. The van der Waals surface area contributed by atoms with Gasteiger partial charge >= 0.3 is 5.97 Å². The Labute approximate surface area is 120 Å². The molecule has 7 nitrogen and oxygen atoms in total. The molecule has 0 aromatic carbocycles. The lowest BCUT2D eigenvalue weighted by molar-refractivity contribution is -0.146. The van der Waals surface area contributed by atoms with Gasteiger partial charge in [0.1, 0.15) is 5.54 Å². The Morgan fingerprint density at radius 1 is 1.50 bits per heavy atom. The van der Waals surface area contributed by atoms with Crippen molar-refractivity contribution in [2.24, 2.45) is 0 Å². The molecule has 0 spiro atoms. The number of nitrogens with zero attached hydrogens (tertiary/aromatic N) is 3. The number of carboxylic acid groups (broad SMARTS) is 1. The molecule has 1 unspecified atom stereocenters. The maximum Gasteiger partial charge on any atom is 0.330 e. The van der Waals surface area contributed by atoms with Gasteiger partial charge in [0.15, 0.2) is 0 Å². The van der Waals surface area contributed by atoms with Crippen LogP contribution in [0, 0.1) is 0 Å². The highest BCUT2D eigenvalue weighted by atomic mass is 32.2. The largest absolute Gasteiger partial charge is 0.479 e. The highest BCUT2D eigenvalue weighted by molar-refractivity contribution is 7.99. The zero-order valence-electron chi connectivity index (χ0n) is 11.1. The standard InChI is InChI=1S/C12H16N4O3S/c1-16(11-13-4-2-5-14-11)7-9(17)15-12(10(18)19)3-6-20-8-12/h2,4-5H,3,6-8H2,1H3,(H,15,17)(H,18,19). The number of carboxylic acids is 1. The van der Waals surface area contributed by atoms with Gasteiger partial charge in [0.25, 0.3) is 0 Å². The first-order chi connectivity index (χ1) is 9.53. The lowest BCUT2D eigenvalue weighted by Gasteiger charge is -2.26. The summed E-state index contributed by atoms with van der Waals surface area (Å²) >= 11 is 1.53. The number of thioether (sulfide) groups is 1. The highest BCUT2D eigenvalue weighted by Crippen LogP contribution is 2.28. The Bertz CT molecular complexity index is 491. The van der Waals surface area contributed by atoms with Gasteiger partial charge in [0, 0.05) is 25.2 Å². The number of amides is 1. The SMILES string of the molecule is CN(CC(=O)NC1(C(=O)O)CCSC1)c1ncccn1. The van der Waals surface area contributed by atoms with Gasteiger partial charge in [-0.25, -0.2) is 14.8 Å². The molecule has 0 radical (unpaired) electrons. The van der Waals surface area contributed by atoms with Crippen molar-refractivity contribution in [1.29, 1.82) is 0 Å². The summed E-state index contributed by atoms with van der Waals surface area (Å²) in [7, 11) is 1.69. The first kappa shape index (κ1) is 14.6. The average Bonchev–Trinajstić information content (AvgIpc) is 2.89. The number of likely N-dealkylation sites (N-methyl/N-ethyl adjacent to an activating group) is 1. The third kappa shape index (κ3) is 3.19. The molecule has 0 bridgehead atoms. The summed E-state index contributed by atoms with van der Waals surface area (Å²) in [6.45, 7) is 0.0176. The number of carbonyl (C=O) groups excluding carboxylic acids is 1. The fraction of sp³-hybridized carbons (Fsp3) is 0.500. The van der Waals surface area contributed by atoms with Crippen LogP contribution < -0.4 is 10.2 Å². The first-order valence-corrected chi connectivity index (χ1v) is 7.29. The summed E-state index contributed by atoms with van der Waals surface area (Å²) in [5.74, 6) is 0.247. The van der Waals surface area contributed by atoms with Crippen LogP contribution in [0.3, 0.4) is 0 Å². The van der Waals surface area contributed by atoms with Crippen molar-refractivity contribution < 1.29 is 14.7 Å². The van der Waals surface area contributed by atoms with E-state index in [-0.39, 0.29) is 12.5 Å². The van der Waals surface area contributed by atoms with Gasteiger partial charge in [-0.05, 0) is 18.2 Å². The molecule has 20 heavy (non-hydrogen) atoms. The summed E-state index contributed by atoms with van der Waals surface area (Å²) in [6.07, 6.45) is 3.62. The van der Waals surface area contributed by atoms with Gasteiger partial charge in [0.2, 0.25) is 11.9 Å². The predicted molar refractivity (Wildman–Crippen MR) is 75.8 cm³/mol. The number of anilines is 1. The minimum absolute atomic E-state index is 0.0176. The number of hydrogen-bond donors (Lipinski definition) is 2. The molecule has 1 atom stereocenters. The van der Waals surface area contributed by atoms with Crippen LogP contribution >= 0.6 is 11.8 Å². The van der Waals surface area contributed by atoms with E-state index in [1.54, 1.807) is 30.4 Å². The Balaban J connectivity index is 1.97. The van der Waals surface area contributed by atoms with E-state index in [1.807, 2.05) is 0 Å². The number of carbonyl (C=O) groups is 2. The molecule has 1 saturated heterocycles. The monoisotopic (exact) mass is 296 g/mol. The zero-order valence-corrected chi connectivity index (χ0v) is 11.9. The van der Waals surface area contributed by atoms with E-state index in [4.69, 9.17) is 0 Å². The van der Waals surface area contributed by atoms with Gasteiger partial charge in [-0.15, -0.1) is 0 Å². The maximum atomic E-state index is 12.0. The molecule has 1 aliphatic heterocycles. The molecule has 1 aromatic rings. The van der Waals surface area contributed by atoms with Crippen LogP contribution in [-0.2, 0) is 9.59 Å². The van der Waals surface area contributed by atoms with Gasteiger partial charge < -0.3 is 15.3 Å². The van der Waals surface area contributed by atoms with Crippen LogP contribution in [0.15, 0.2) is 18.5 Å². The number of rotatable bonds is 5. The van der Waals surface area contributed by atoms with Crippen LogP contribution in [0.1, 0.15) is 6.42 Å². The summed E-state index contributed by atoms with van der Waals surface area (Å²) in [6, 6.07) is 1.69. The topological polar surface area (TPSA) is 95.4 Å². The third-order valence-electron chi connectivity index (χ3n) is 3.08. The summed E-state index contributed by atoms with van der Waals surface area (Å²) < 4.78 is 0. The number of nitrogens with one attached hydrogen (secondary N) is 1. The highest BCUT2D eigenvalue weighted by Gasteiger charge is 2.43. The molecule has 1 aliphatic rings. The lowest BCUT2D eigenvalue weighted by Crippen LogP contribution is -2.56. The molecular formula is C12H16N4O3S. The Morgan fingerprint density at radius 2 is 2.20 bits per heavy atom. The second-order valence-corrected chi connectivity index (χ2v) is 5.75. The van der Waals surface area contributed by atoms with Crippen molar-refractivity contribution in [3.8, 4) is 0 Å². The van der Waals surface area contributed by atoms with Crippen molar-refractivity contribution in [2.45, 2.75) is 12.0 Å². The van der Waals surface area contributed by atoms with E-state index in [2.05, 4.69) is 15.3 Å². The number of aliphatic carboxylic acids is 1. The lowest BCUT2D eigenvalue weighted by atomic mass is 9.99. The Kier molecular flexibility index (Phi) is 4.43. The second-order valence-electron chi connectivity index (χ2n) is 4.64. The summed E-state index contributed by atoms with van der Waals surface area (Å²) in [5, 5.41) is 11.9. The molecule has 0 saturated carbocycles. The molecule has 1 amide bonds. The normalized spacial score (nSPS) is 21.4. The summed E-state index contributed by atoms with van der Waals surface area (Å²) in [4.78, 5) is 33.0. The van der Waals surface area contributed by atoms with Gasteiger partial charge in [-0.2, -0.15) is 11.8 Å². The molecule has 2 heterocycles. The van der Waals surface area contributed by atoms with Gasteiger partial charge in [-0.3, -0.25) is 4.79 Å². The fourth-order valence-electron chi connectivity index (χ4n) is 1.97. The molecule has 1 fully saturated rings. The zero-order chi connectivity index (χ0) is 14.6. The molecule has 108 valence electrons. The quantitative estimate of drug-likeness (QED) is 0.789. The number of hydrogen-bond acceptors (Lipinski definition) is 6. The van der Waals surface area contributed by atoms with Crippen LogP contribution in [0.5, 0.6) is 0 Å². The molecule has 2 rings (SSSR count). The van der Waals surface area contributed by atoms with Crippen molar-refractivity contribution in [2.75, 3.05) is 30.0 Å². The maximum absolute atomic E-state index is 12.0. The van der Waals surface area contributed by atoms with Crippen LogP contribution in [0.4, 0.5) is 5.95 Å². The van der Waals surface area contributed by atoms with E-state index >= 15 is 0 Å². The van der Waals surface area contributed by atoms with E-state index in [9.17, 15) is 14.7 Å². The van der Waals surface area contributed by atoms with Crippen LogP contribution in [0.25, 0.3) is 0 Å². The molecular weight excluding hydrogens is 280 g/mol. The second kappa shape index (κ2) is 6.08. The minimum Gasteiger partial charge on any atom is -0.479 e. The van der Waals surface area contributed by atoms with E-state index < -0.39 is 11.5 Å². The Morgan fingerprint density at radius 3 is 2.75 bits per heavy atom. The summed E-state index contributed by atoms with van der Waals surface area (Å²) in [5.41, 5.74) is -1.14. The number of aromatic nitrogens is 2. The average molecular weight is 296 g/mol. The molecule has 1 aromatic heterocycles. The van der Waals surface area contributed by atoms with Crippen molar-refractivity contribution in [1.82, 2.24) is 15.3 Å². The first-order valence-electron chi connectivity index (χ1n) is 6.14. The van der Waals surface area contributed by atoms with Crippen molar-refractivity contribution in [3.63, 3.8) is 0 Å². The fourth-order valence-corrected chi connectivity index (χ4v) is 3.29. The van der Waals surface area contributed by atoms with E-state index in [0.717, 1.165) is 5.75 Å². The van der Waals surface area contributed by atoms with Gasteiger partial charge in [-0.1, -0.05) is 0 Å². The van der Waals surface area contributed by atoms with Gasteiger partial charge in [0.05, 0.1) is 6.54 Å². The Hall–Kier alpha value is -1.83. The molecule has 8 heteroatoms. The van der Waals surface area contributed by atoms with Crippen molar-refractivity contribution >= 4 is 29.6 Å². The molecule has 0 aliphatic carbocycles. The van der Waals surface area contributed by atoms with E-state index in [0.29, 0.717) is 18.1 Å². The van der Waals surface area contributed by atoms with E-state index in [1.165, 1.54) is 11.8 Å². The van der Waals surface area contributed by atoms with Crippen LogP contribution in [-0.4, -0.2) is 57.6 Å². The predicted octanol–water partition coefficient (Wildman–Crippen LogP) is -0.0107.